The molecule has 0 aliphatic carbocycles. The van der Waals surface area contributed by atoms with E-state index in [1.54, 1.807) is 0 Å². The number of nitrogens with one attached hydrogen (secondary N) is 2. The third kappa shape index (κ3) is 3.18. The molecule has 0 spiro atoms. The molecule has 2 N–H and O–H groups in total. The third-order valence-corrected chi connectivity index (χ3v) is 3.98. The predicted octanol–water partition coefficient (Wildman–Crippen LogP) is 2.77. The lowest BCUT2D eigenvalue weighted by Crippen LogP contribution is -2.55. The van der Waals surface area contributed by atoms with Crippen LogP contribution in [0, 0.1) is 6.92 Å². The molecule has 0 bridgehead atoms. The first-order chi connectivity index (χ1) is 9.55. The Hall–Kier alpha value is -1.84. The summed E-state index contributed by atoms with van der Waals surface area (Å²) in [6, 6.07) is 7.68. The first kappa shape index (κ1) is 14.6. The molecule has 1 heterocycles. The van der Waals surface area contributed by atoms with Crippen LogP contribution < -0.4 is 10.6 Å². The molecule has 1 aliphatic heterocycles. The van der Waals surface area contributed by atoms with Crippen molar-refractivity contribution < 1.29 is 9.59 Å². The number of amides is 2. The van der Waals surface area contributed by atoms with Crippen molar-refractivity contribution in [1.82, 2.24) is 5.32 Å². The lowest BCUT2D eigenvalue weighted by atomic mass is 9.89. The monoisotopic (exact) mass is 274 g/mol. The van der Waals surface area contributed by atoms with Gasteiger partial charge in [0, 0.05) is 12.1 Å². The standard InChI is InChI=1S/C16H22N2O2/c1-3-16(11-5-4-6-14(19)18-16)15(20)17-13-9-7-12(2)8-10-13/h7-10H,3-6,11H2,1-2H3,(H,17,20)(H,18,19). The van der Waals surface area contributed by atoms with Crippen LogP contribution in [0.4, 0.5) is 5.69 Å². The van der Waals surface area contributed by atoms with Crippen molar-refractivity contribution in [2.75, 3.05) is 5.32 Å². The summed E-state index contributed by atoms with van der Waals surface area (Å²) in [4.78, 5) is 24.3. The van der Waals surface area contributed by atoms with Crippen molar-refractivity contribution in [1.29, 1.82) is 0 Å². The maximum absolute atomic E-state index is 12.6. The fourth-order valence-electron chi connectivity index (χ4n) is 2.59. The molecule has 0 aromatic heterocycles. The molecule has 1 aromatic rings. The number of carbonyl (C=O) groups excluding carboxylic acids is 2. The first-order valence-corrected chi connectivity index (χ1v) is 7.25. The maximum Gasteiger partial charge on any atom is 0.250 e. The number of carbonyl (C=O) groups is 2. The van der Waals surface area contributed by atoms with Crippen LogP contribution in [0.3, 0.4) is 0 Å². The van der Waals surface area contributed by atoms with Crippen molar-refractivity contribution in [2.45, 2.75) is 51.5 Å². The molecule has 0 saturated carbocycles. The number of benzene rings is 1. The van der Waals surface area contributed by atoms with E-state index < -0.39 is 5.54 Å². The average Bonchev–Trinajstić information content (AvgIpc) is 2.64. The molecular weight excluding hydrogens is 252 g/mol. The zero-order chi connectivity index (χ0) is 14.6. The van der Waals surface area contributed by atoms with Gasteiger partial charge in [0.05, 0.1) is 0 Å². The Balaban J connectivity index is 2.15. The van der Waals surface area contributed by atoms with Crippen LogP contribution in [-0.2, 0) is 9.59 Å². The Labute approximate surface area is 119 Å². The van der Waals surface area contributed by atoms with Gasteiger partial charge in [-0.25, -0.2) is 0 Å². The highest BCUT2D eigenvalue weighted by molar-refractivity contribution is 6.00. The van der Waals surface area contributed by atoms with Gasteiger partial charge in [0.25, 0.3) is 0 Å². The Kier molecular flexibility index (Phi) is 4.42. The van der Waals surface area contributed by atoms with Gasteiger partial charge in [0.2, 0.25) is 11.8 Å². The van der Waals surface area contributed by atoms with Crippen molar-refractivity contribution in [2.24, 2.45) is 0 Å². The molecule has 4 nitrogen and oxygen atoms in total. The van der Waals surface area contributed by atoms with Crippen LogP contribution in [0.1, 0.15) is 44.6 Å². The molecule has 2 rings (SSSR count). The van der Waals surface area contributed by atoms with Gasteiger partial charge in [0.1, 0.15) is 5.54 Å². The molecule has 1 atom stereocenters. The van der Waals surface area contributed by atoms with Crippen LogP contribution in [0.5, 0.6) is 0 Å². The topological polar surface area (TPSA) is 58.2 Å². The van der Waals surface area contributed by atoms with Crippen LogP contribution in [-0.4, -0.2) is 17.4 Å². The number of hydrogen-bond donors (Lipinski definition) is 2. The van der Waals surface area contributed by atoms with Gasteiger partial charge in [0.15, 0.2) is 0 Å². The van der Waals surface area contributed by atoms with Gasteiger partial charge in [-0.3, -0.25) is 9.59 Å². The van der Waals surface area contributed by atoms with Crippen LogP contribution in [0.2, 0.25) is 0 Å². The molecule has 2 amide bonds. The van der Waals surface area contributed by atoms with Gasteiger partial charge in [-0.15, -0.1) is 0 Å². The molecule has 20 heavy (non-hydrogen) atoms. The van der Waals surface area contributed by atoms with E-state index in [1.807, 2.05) is 38.1 Å². The molecular formula is C16H22N2O2. The SMILES string of the molecule is CCC1(C(=O)Nc2ccc(C)cc2)CCCCC(=O)N1. The van der Waals surface area contributed by atoms with Crippen molar-refractivity contribution in [3.05, 3.63) is 29.8 Å². The van der Waals surface area contributed by atoms with E-state index in [9.17, 15) is 9.59 Å². The van der Waals surface area contributed by atoms with Crippen LogP contribution >= 0.6 is 0 Å². The summed E-state index contributed by atoms with van der Waals surface area (Å²) in [5.74, 6) is -0.137. The second kappa shape index (κ2) is 6.07. The summed E-state index contributed by atoms with van der Waals surface area (Å²) in [6.07, 6.45) is 3.57. The van der Waals surface area contributed by atoms with E-state index in [-0.39, 0.29) is 11.8 Å². The fourth-order valence-corrected chi connectivity index (χ4v) is 2.59. The van der Waals surface area contributed by atoms with Crippen LogP contribution in [0.15, 0.2) is 24.3 Å². The molecule has 4 heteroatoms. The highest BCUT2D eigenvalue weighted by atomic mass is 16.2. The van der Waals surface area contributed by atoms with E-state index in [0.29, 0.717) is 19.3 Å². The Morgan fingerprint density at radius 1 is 1.30 bits per heavy atom. The summed E-state index contributed by atoms with van der Waals surface area (Å²) in [6.45, 7) is 3.95. The van der Waals surface area contributed by atoms with Crippen molar-refractivity contribution in [3.63, 3.8) is 0 Å². The largest absolute Gasteiger partial charge is 0.342 e. The molecule has 1 fully saturated rings. The predicted molar refractivity (Wildman–Crippen MR) is 79.4 cm³/mol. The first-order valence-electron chi connectivity index (χ1n) is 7.25. The summed E-state index contributed by atoms with van der Waals surface area (Å²) >= 11 is 0. The minimum absolute atomic E-state index is 0.0246. The molecule has 1 saturated heterocycles. The van der Waals surface area contributed by atoms with Gasteiger partial charge in [-0.05, 0) is 38.3 Å². The Morgan fingerprint density at radius 2 is 2.00 bits per heavy atom. The van der Waals surface area contributed by atoms with E-state index >= 15 is 0 Å². The summed E-state index contributed by atoms with van der Waals surface area (Å²) in [7, 11) is 0. The smallest absolute Gasteiger partial charge is 0.250 e. The highest BCUT2D eigenvalue weighted by Crippen LogP contribution is 2.25. The van der Waals surface area contributed by atoms with Gasteiger partial charge in [-0.1, -0.05) is 31.0 Å². The maximum atomic E-state index is 12.6. The number of anilines is 1. The third-order valence-electron chi connectivity index (χ3n) is 3.98. The van der Waals surface area contributed by atoms with E-state index in [1.165, 1.54) is 0 Å². The number of rotatable bonds is 3. The molecule has 1 aromatic carbocycles. The van der Waals surface area contributed by atoms with E-state index in [4.69, 9.17) is 0 Å². The second-order valence-electron chi connectivity index (χ2n) is 5.51. The van der Waals surface area contributed by atoms with Crippen molar-refractivity contribution in [3.8, 4) is 0 Å². The zero-order valence-corrected chi connectivity index (χ0v) is 12.2. The minimum Gasteiger partial charge on any atom is -0.342 e. The van der Waals surface area contributed by atoms with Gasteiger partial charge < -0.3 is 10.6 Å². The zero-order valence-electron chi connectivity index (χ0n) is 12.2. The Bertz CT molecular complexity index is 496. The second-order valence-corrected chi connectivity index (χ2v) is 5.51. The normalized spacial score (nSPS) is 22.8. The lowest BCUT2D eigenvalue weighted by Gasteiger charge is -2.31. The number of aryl methyl sites for hydroxylation is 1. The number of hydrogen-bond acceptors (Lipinski definition) is 2. The molecule has 0 radical (unpaired) electrons. The fraction of sp³-hybridized carbons (Fsp3) is 0.500. The quantitative estimate of drug-likeness (QED) is 0.890. The summed E-state index contributed by atoms with van der Waals surface area (Å²) < 4.78 is 0. The highest BCUT2D eigenvalue weighted by Gasteiger charge is 2.39. The molecule has 1 unspecified atom stereocenters. The van der Waals surface area contributed by atoms with E-state index in [0.717, 1.165) is 24.1 Å². The van der Waals surface area contributed by atoms with Crippen molar-refractivity contribution >= 4 is 17.5 Å². The molecule has 108 valence electrons. The minimum atomic E-state index is -0.765. The van der Waals surface area contributed by atoms with Gasteiger partial charge >= 0.3 is 0 Å². The van der Waals surface area contributed by atoms with Crippen LogP contribution in [0.25, 0.3) is 0 Å². The Morgan fingerprint density at radius 3 is 2.65 bits per heavy atom. The summed E-state index contributed by atoms with van der Waals surface area (Å²) in [5.41, 5.74) is 1.15. The summed E-state index contributed by atoms with van der Waals surface area (Å²) in [5, 5.41) is 5.85. The molecule has 1 aliphatic rings. The van der Waals surface area contributed by atoms with Gasteiger partial charge in [-0.2, -0.15) is 0 Å². The average molecular weight is 274 g/mol. The lowest BCUT2D eigenvalue weighted by molar-refractivity contribution is -0.130. The van der Waals surface area contributed by atoms with E-state index in [2.05, 4.69) is 10.6 Å².